The van der Waals surface area contributed by atoms with E-state index >= 15 is 0 Å². The van der Waals surface area contributed by atoms with Crippen LogP contribution in [0.15, 0.2) is 30.3 Å². The summed E-state index contributed by atoms with van der Waals surface area (Å²) in [5.74, 6) is 0.654. The topological polar surface area (TPSA) is 83.4 Å². The molecule has 0 aliphatic rings. The fraction of sp³-hybridized carbons (Fsp3) is 0.176. The molecule has 0 spiro atoms. The first kappa shape index (κ1) is 18.7. The molecule has 130 valence electrons. The maximum atomic E-state index is 12.1. The summed E-state index contributed by atoms with van der Waals surface area (Å²) in [6.45, 7) is -0.0151. The van der Waals surface area contributed by atoms with Gasteiger partial charge < -0.3 is 20.1 Å². The van der Waals surface area contributed by atoms with Crippen molar-refractivity contribution in [1.29, 1.82) is 5.26 Å². The van der Waals surface area contributed by atoms with E-state index in [-0.39, 0.29) is 17.5 Å². The third kappa shape index (κ3) is 4.69. The molecule has 0 atom stereocenters. The Balaban J connectivity index is 2.05. The Hall–Kier alpha value is -2.62. The van der Waals surface area contributed by atoms with Crippen LogP contribution in [0.25, 0.3) is 0 Å². The van der Waals surface area contributed by atoms with Gasteiger partial charge in [0.25, 0.3) is 0 Å². The summed E-state index contributed by atoms with van der Waals surface area (Å²) < 4.78 is 10.4. The fourth-order valence-electron chi connectivity index (χ4n) is 2.06. The SMILES string of the molecule is COc1cc(NCC(=O)Nc2ccc(C#N)c(Cl)c2)c(OC)cc1Cl. The predicted molar refractivity (Wildman–Crippen MR) is 97.8 cm³/mol. The van der Waals surface area contributed by atoms with E-state index in [0.717, 1.165) is 0 Å². The van der Waals surface area contributed by atoms with Crippen LogP contribution in [0.2, 0.25) is 10.0 Å². The number of halogens is 2. The van der Waals surface area contributed by atoms with E-state index in [2.05, 4.69) is 10.6 Å². The molecule has 0 radical (unpaired) electrons. The van der Waals surface area contributed by atoms with Gasteiger partial charge in [0.05, 0.1) is 42.1 Å². The largest absolute Gasteiger partial charge is 0.495 e. The Morgan fingerprint density at radius 1 is 1.12 bits per heavy atom. The van der Waals surface area contributed by atoms with Crippen LogP contribution in [-0.2, 0) is 4.79 Å². The minimum absolute atomic E-state index is 0.0151. The van der Waals surface area contributed by atoms with Gasteiger partial charge in [-0.25, -0.2) is 0 Å². The Morgan fingerprint density at radius 2 is 1.84 bits per heavy atom. The number of nitriles is 1. The van der Waals surface area contributed by atoms with E-state index in [0.29, 0.717) is 33.5 Å². The number of carbonyl (C=O) groups excluding carboxylic acids is 1. The molecule has 1 amide bonds. The summed E-state index contributed by atoms with van der Waals surface area (Å²) >= 11 is 12.0. The van der Waals surface area contributed by atoms with Gasteiger partial charge in [-0.2, -0.15) is 5.26 Å². The van der Waals surface area contributed by atoms with E-state index in [4.69, 9.17) is 37.9 Å². The third-order valence-electron chi connectivity index (χ3n) is 3.29. The van der Waals surface area contributed by atoms with Crippen LogP contribution in [-0.4, -0.2) is 26.7 Å². The van der Waals surface area contributed by atoms with Gasteiger partial charge in [0.15, 0.2) is 0 Å². The van der Waals surface area contributed by atoms with Crippen molar-refractivity contribution >= 4 is 40.5 Å². The zero-order valence-electron chi connectivity index (χ0n) is 13.5. The highest BCUT2D eigenvalue weighted by atomic mass is 35.5. The molecule has 0 aliphatic heterocycles. The summed E-state index contributed by atoms with van der Waals surface area (Å²) in [4.78, 5) is 12.1. The van der Waals surface area contributed by atoms with Crippen LogP contribution >= 0.6 is 23.2 Å². The monoisotopic (exact) mass is 379 g/mol. The number of nitrogens with one attached hydrogen (secondary N) is 2. The van der Waals surface area contributed by atoms with Gasteiger partial charge in [0.1, 0.15) is 17.6 Å². The second-order valence-corrected chi connectivity index (χ2v) is 5.71. The Bertz CT molecular complexity index is 835. The fourth-order valence-corrected chi connectivity index (χ4v) is 2.52. The van der Waals surface area contributed by atoms with Crippen molar-refractivity contribution in [3.05, 3.63) is 45.9 Å². The molecule has 6 nitrogen and oxygen atoms in total. The number of rotatable bonds is 6. The maximum Gasteiger partial charge on any atom is 0.243 e. The van der Waals surface area contributed by atoms with Crippen LogP contribution in [0.3, 0.4) is 0 Å². The Kier molecular flexibility index (Phi) is 6.34. The molecule has 2 aromatic rings. The molecule has 0 unspecified atom stereocenters. The number of hydrogen-bond donors (Lipinski definition) is 2. The molecule has 8 heteroatoms. The van der Waals surface area contributed by atoms with Crippen molar-refractivity contribution in [2.24, 2.45) is 0 Å². The van der Waals surface area contributed by atoms with Crippen LogP contribution in [0.1, 0.15) is 5.56 Å². The van der Waals surface area contributed by atoms with Crippen molar-refractivity contribution in [3.63, 3.8) is 0 Å². The Morgan fingerprint density at radius 3 is 2.44 bits per heavy atom. The van der Waals surface area contributed by atoms with E-state index in [9.17, 15) is 4.79 Å². The van der Waals surface area contributed by atoms with Crippen molar-refractivity contribution in [2.75, 3.05) is 31.4 Å². The highest BCUT2D eigenvalue weighted by molar-refractivity contribution is 6.32. The quantitative estimate of drug-likeness (QED) is 0.793. The second kappa shape index (κ2) is 8.47. The summed E-state index contributed by atoms with van der Waals surface area (Å²) in [7, 11) is 3.00. The zero-order valence-corrected chi connectivity index (χ0v) is 15.0. The van der Waals surface area contributed by atoms with Crippen molar-refractivity contribution < 1.29 is 14.3 Å². The van der Waals surface area contributed by atoms with Gasteiger partial charge in [-0.1, -0.05) is 23.2 Å². The molecule has 25 heavy (non-hydrogen) atoms. The first-order chi connectivity index (χ1) is 12.0. The number of hydrogen-bond acceptors (Lipinski definition) is 5. The summed E-state index contributed by atoms with van der Waals surface area (Å²) in [6.07, 6.45) is 0. The third-order valence-corrected chi connectivity index (χ3v) is 3.89. The van der Waals surface area contributed by atoms with Crippen LogP contribution < -0.4 is 20.1 Å². The van der Waals surface area contributed by atoms with Gasteiger partial charge in [0, 0.05) is 17.8 Å². The summed E-state index contributed by atoms with van der Waals surface area (Å²) in [5.41, 5.74) is 1.41. The molecular formula is C17H15Cl2N3O3. The standard InChI is InChI=1S/C17H15Cl2N3O3/c1-24-15-7-14(16(25-2)6-13(15)19)21-9-17(23)22-11-4-3-10(8-20)12(18)5-11/h3-7,21H,9H2,1-2H3,(H,22,23). The molecule has 0 saturated carbocycles. The van der Waals surface area contributed by atoms with E-state index in [1.807, 2.05) is 6.07 Å². The number of nitrogens with zero attached hydrogens (tertiary/aromatic N) is 1. The summed E-state index contributed by atoms with van der Waals surface area (Å²) in [6, 6.07) is 9.86. The van der Waals surface area contributed by atoms with Gasteiger partial charge in [0.2, 0.25) is 5.91 Å². The average Bonchev–Trinajstić information content (AvgIpc) is 2.60. The number of carbonyl (C=O) groups is 1. The molecule has 0 heterocycles. The molecule has 0 fully saturated rings. The lowest BCUT2D eigenvalue weighted by atomic mass is 10.2. The molecule has 2 aromatic carbocycles. The molecule has 0 aliphatic carbocycles. The van der Waals surface area contributed by atoms with E-state index < -0.39 is 0 Å². The van der Waals surface area contributed by atoms with Gasteiger partial charge in [-0.15, -0.1) is 0 Å². The number of methoxy groups -OCH3 is 2. The van der Waals surface area contributed by atoms with Gasteiger partial charge in [-0.3, -0.25) is 4.79 Å². The van der Waals surface area contributed by atoms with Gasteiger partial charge >= 0.3 is 0 Å². The van der Waals surface area contributed by atoms with Crippen LogP contribution in [0, 0.1) is 11.3 Å². The smallest absolute Gasteiger partial charge is 0.243 e. The number of amides is 1. The molecular weight excluding hydrogens is 365 g/mol. The lowest BCUT2D eigenvalue weighted by molar-refractivity contribution is -0.114. The van der Waals surface area contributed by atoms with Crippen LogP contribution in [0.4, 0.5) is 11.4 Å². The molecule has 2 rings (SSSR count). The number of anilines is 2. The average molecular weight is 380 g/mol. The van der Waals surface area contributed by atoms with E-state index in [1.165, 1.54) is 20.3 Å². The molecule has 0 bridgehead atoms. The highest BCUT2D eigenvalue weighted by Gasteiger charge is 2.11. The predicted octanol–water partition coefficient (Wildman–Crippen LogP) is 3.93. The highest BCUT2D eigenvalue weighted by Crippen LogP contribution is 2.35. The van der Waals surface area contributed by atoms with Crippen molar-refractivity contribution in [2.45, 2.75) is 0 Å². The minimum Gasteiger partial charge on any atom is -0.495 e. The lowest BCUT2D eigenvalue weighted by Crippen LogP contribution is -2.22. The van der Waals surface area contributed by atoms with Crippen molar-refractivity contribution in [3.8, 4) is 17.6 Å². The lowest BCUT2D eigenvalue weighted by Gasteiger charge is -2.14. The zero-order chi connectivity index (χ0) is 18.4. The normalized spacial score (nSPS) is 9.88. The summed E-state index contributed by atoms with van der Waals surface area (Å²) in [5, 5.41) is 15.2. The number of benzene rings is 2. The van der Waals surface area contributed by atoms with Gasteiger partial charge in [-0.05, 0) is 18.2 Å². The second-order valence-electron chi connectivity index (χ2n) is 4.90. The first-order valence-corrected chi connectivity index (χ1v) is 7.89. The first-order valence-electron chi connectivity index (χ1n) is 7.13. The molecule has 2 N–H and O–H groups in total. The number of ether oxygens (including phenoxy) is 2. The Labute approximate surface area is 155 Å². The van der Waals surface area contributed by atoms with E-state index in [1.54, 1.807) is 24.3 Å². The van der Waals surface area contributed by atoms with Crippen LogP contribution in [0.5, 0.6) is 11.5 Å². The van der Waals surface area contributed by atoms with Crippen molar-refractivity contribution in [1.82, 2.24) is 0 Å². The maximum absolute atomic E-state index is 12.1. The molecule has 0 aromatic heterocycles. The minimum atomic E-state index is -0.295. The molecule has 0 saturated heterocycles.